The molecule has 3 nitrogen and oxygen atoms in total. The molecule has 0 fully saturated rings. The highest BCUT2D eigenvalue weighted by Gasteiger charge is 2.17. The summed E-state index contributed by atoms with van der Waals surface area (Å²) in [5.74, 6) is 0.898. The molecule has 1 aliphatic rings. The van der Waals surface area contributed by atoms with Crippen LogP contribution in [0.15, 0.2) is 35.5 Å². The van der Waals surface area contributed by atoms with Crippen LogP contribution in [-0.2, 0) is 0 Å². The Kier molecular flexibility index (Phi) is 2.80. The largest absolute Gasteiger partial charge is 0.497 e. The molecule has 1 aromatic heterocycles. The summed E-state index contributed by atoms with van der Waals surface area (Å²) >= 11 is 1.82. The van der Waals surface area contributed by atoms with Gasteiger partial charge >= 0.3 is 0 Å². The number of fused-ring (bicyclic) bond motifs is 1. The number of nitrogens with zero attached hydrogens (tertiary/aromatic N) is 1. The second-order valence-electron chi connectivity index (χ2n) is 4.20. The number of benzene rings is 1. The zero-order chi connectivity index (χ0) is 12.5. The van der Waals surface area contributed by atoms with Crippen molar-refractivity contribution in [2.75, 3.05) is 7.11 Å². The Bertz CT molecular complexity index is 643. The van der Waals surface area contributed by atoms with Crippen molar-refractivity contribution in [2.45, 2.75) is 13.0 Å². The summed E-state index contributed by atoms with van der Waals surface area (Å²) in [6.45, 7) is 2.16. The van der Waals surface area contributed by atoms with Crippen molar-refractivity contribution in [1.29, 1.82) is 0 Å². The molecular formula is C14H14N2OS. The van der Waals surface area contributed by atoms with Crippen LogP contribution in [0.25, 0.3) is 10.1 Å². The number of nitrogens with one attached hydrogen (secondary N) is 1. The molecule has 1 N–H and O–H groups in total. The fourth-order valence-corrected chi connectivity index (χ4v) is 3.36. The van der Waals surface area contributed by atoms with E-state index < -0.39 is 0 Å². The van der Waals surface area contributed by atoms with Gasteiger partial charge in [-0.25, -0.2) is 4.99 Å². The first-order valence-electron chi connectivity index (χ1n) is 5.81. The van der Waals surface area contributed by atoms with E-state index in [1.807, 2.05) is 23.6 Å². The van der Waals surface area contributed by atoms with Gasteiger partial charge in [-0.1, -0.05) is 0 Å². The van der Waals surface area contributed by atoms with Gasteiger partial charge in [0.15, 0.2) is 0 Å². The Balaban J connectivity index is 2.17. The third-order valence-corrected chi connectivity index (χ3v) is 4.23. The summed E-state index contributed by atoms with van der Waals surface area (Å²) in [6, 6.07) is 6.43. The van der Waals surface area contributed by atoms with Gasteiger partial charge in [0, 0.05) is 21.2 Å². The quantitative estimate of drug-likeness (QED) is 0.895. The summed E-state index contributed by atoms with van der Waals surface area (Å²) in [6.07, 6.45) is 5.66. The highest BCUT2D eigenvalue weighted by atomic mass is 32.1. The van der Waals surface area contributed by atoms with E-state index in [0.29, 0.717) is 0 Å². The number of hydrogen-bond acceptors (Lipinski definition) is 4. The molecule has 0 spiro atoms. The first kappa shape index (κ1) is 11.3. The molecule has 1 atom stereocenters. The van der Waals surface area contributed by atoms with E-state index in [2.05, 4.69) is 35.4 Å². The van der Waals surface area contributed by atoms with Crippen molar-refractivity contribution < 1.29 is 4.74 Å². The molecule has 1 aromatic carbocycles. The van der Waals surface area contributed by atoms with Gasteiger partial charge in [-0.15, -0.1) is 11.3 Å². The Morgan fingerprint density at radius 3 is 3.00 bits per heavy atom. The molecule has 0 saturated carbocycles. The smallest absolute Gasteiger partial charge is 0.119 e. The Morgan fingerprint density at radius 1 is 1.39 bits per heavy atom. The molecule has 0 saturated heterocycles. The molecule has 4 heteroatoms. The lowest BCUT2D eigenvalue weighted by Gasteiger charge is -2.16. The lowest BCUT2D eigenvalue weighted by molar-refractivity contribution is 0.415. The van der Waals surface area contributed by atoms with Gasteiger partial charge in [0.1, 0.15) is 5.75 Å². The van der Waals surface area contributed by atoms with E-state index in [-0.39, 0.29) is 6.04 Å². The van der Waals surface area contributed by atoms with Crippen molar-refractivity contribution in [3.05, 3.63) is 40.9 Å². The number of aliphatic imine (C=N–C) groups is 1. The third-order valence-electron chi connectivity index (χ3n) is 3.12. The number of aryl methyl sites for hydroxylation is 1. The standard InChI is InChI=1S/C14H14N2OS/c1-9-14(12-5-6-15-8-16-12)11-7-10(17-2)3-4-13(11)18-9/h3-8,12H,1-2H3,(H,15,16). The van der Waals surface area contributed by atoms with Crippen LogP contribution in [0.1, 0.15) is 16.5 Å². The minimum atomic E-state index is 0.198. The van der Waals surface area contributed by atoms with Gasteiger partial charge < -0.3 is 10.1 Å². The number of rotatable bonds is 2. The van der Waals surface area contributed by atoms with E-state index >= 15 is 0 Å². The Morgan fingerprint density at radius 2 is 2.28 bits per heavy atom. The van der Waals surface area contributed by atoms with Crippen LogP contribution in [0.2, 0.25) is 0 Å². The highest BCUT2D eigenvalue weighted by Crippen LogP contribution is 2.37. The second kappa shape index (κ2) is 4.46. The molecule has 2 heterocycles. The zero-order valence-electron chi connectivity index (χ0n) is 10.3. The number of hydrogen-bond donors (Lipinski definition) is 1. The summed E-state index contributed by atoms with van der Waals surface area (Å²) in [4.78, 5) is 5.37. The van der Waals surface area contributed by atoms with Crippen LogP contribution in [0.5, 0.6) is 5.75 Å². The molecule has 0 radical (unpaired) electrons. The molecule has 0 aliphatic carbocycles. The summed E-state index contributed by atoms with van der Waals surface area (Å²) in [7, 11) is 1.70. The molecule has 3 rings (SSSR count). The SMILES string of the molecule is COc1ccc2sc(C)c(C3C=CN=CN3)c2c1. The normalized spacial score (nSPS) is 18.0. The average Bonchev–Trinajstić information content (AvgIpc) is 2.74. The topological polar surface area (TPSA) is 33.6 Å². The Hall–Kier alpha value is -1.81. The lowest BCUT2D eigenvalue weighted by atomic mass is 10.0. The van der Waals surface area contributed by atoms with Crippen molar-refractivity contribution in [1.82, 2.24) is 5.32 Å². The summed E-state index contributed by atoms with van der Waals surface area (Å²) < 4.78 is 6.61. The van der Waals surface area contributed by atoms with Crippen molar-refractivity contribution in [2.24, 2.45) is 4.99 Å². The van der Waals surface area contributed by atoms with Crippen molar-refractivity contribution in [3.8, 4) is 5.75 Å². The lowest BCUT2D eigenvalue weighted by Crippen LogP contribution is -2.19. The molecule has 92 valence electrons. The third kappa shape index (κ3) is 1.78. The zero-order valence-corrected chi connectivity index (χ0v) is 11.1. The van der Waals surface area contributed by atoms with E-state index in [9.17, 15) is 0 Å². The highest BCUT2D eigenvalue weighted by molar-refractivity contribution is 7.19. The minimum absolute atomic E-state index is 0.198. The molecule has 2 aromatic rings. The number of ether oxygens (including phenoxy) is 1. The van der Waals surface area contributed by atoms with Crippen LogP contribution < -0.4 is 10.1 Å². The van der Waals surface area contributed by atoms with Gasteiger partial charge in [-0.2, -0.15) is 0 Å². The maximum atomic E-state index is 5.31. The fraction of sp³-hybridized carbons (Fsp3) is 0.214. The first-order valence-corrected chi connectivity index (χ1v) is 6.62. The predicted octanol–water partition coefficient (Wildman–Crippen LogP) is 3.40. The van der Waals surface area contributed by atoms with Crippen LogP contribution in [0, 0.1) is 6.92 Å². The van der Waals surface area contributed by atoms with E-state index in [1.54, 1.807) is 13.4 Å². The second-order valence-corrected chi connectivity index (χ2v) is 5.45. The Labute approximate surface area is 110 Å². The van der Waals surface area contributed by atoms with Crippen LogP contribution in [0.4, 0.5) is 0 Å². The van der Waals surface area contributed by atoms with Gasteiger partial charge in [0.25, 0.3) is 0 Å². The maximum Gasteiger partial charge on any atom is 0.119 e. The van der Waals surface area contributed by atoms with E-state index in [4.69, 9.17) is 4.74 Å². The maximum absolute atomic E-state index is 5.31. The van der Waals surface area contributed by atoms with E-state index in [0.717, 1.165) is 5.75 Å². The van der Waals surface area contributed by atoms with Crippen molar-refractivity contribution in [3.63, 3.8) is 0 Å². The number of methoxy groups -OCH3 is 1. The average molecular weight is 258 g/mol. The summed E-state index contributed by atoms with van der Waals surface area (Å²) in [5.41, 5.74) is 1.32. The monoisotopic (exact) mass is 258 g/mol. The first-order chi connectivity index (χ1) is 8.79. The van der Waals surface area contributed by atoms with Gasteiger partial charge in [-0.3, -0.25) is 0 Å². The van der Waals surface area contributed by atoms with Gasteiger partial charge in [-0.05, 0) is 36.8 Å². The molecule has 1 aliphatic heterocycles. The van der Waals surface area contributed by atoms with Crippen LogP contribution in [0.3, 0.4) is 0 Å². The summed E-state index contributed by atoms with van der Waals surface area (Å²) in [5, 5.41) is 4.54. The molecule has 0 bridgehead atoms. The van der Waals surface area contributed by atoms with Gasteiger partial charge in [0.2, 0.25) is 0 Å². The van der Waals surface area contributed by atoms with E-state index in [1.165, 1.54) is 20.5 Å². The molecular weight excluding hydrogens is 244 g/mol. The minimum Gasteiger partial charge on any atom is -0.497 e. The predicted molar refractivity (Wildman–Crippen MR) is 76.6 cm³/mol. The van der Waals surface area contributed by atoms with Gasteiger partial charge in [0.05, 0.1) is 19.5 Å². The molecule has 18 heavy (non-hydrogen) atoms. The number of thiophene rings is 1. The fourth-order valence-electron chi connectivity index (χ4n) is 2.27. The van der Waals surface area contributed by atoms with Crippen LogP contribution >= 0.6 is 11.3 Å². The van der Waals surface area contributed by atoms with Crippen LogP contribution in [-0.4, -0.2) is 13.4 Å². The molecule has 1 unspecified atom stereocenters. The van der Waals surface area contributed by atoms with Crippen molar-refractivity contribution >= 4 is 27.8 Å². The molecule has 0 amide bonds.